The van der Waals surface area contributed by atoms with Crippen LogP contribution in [0.15, 0.2) is 170 Å². The molecule has 1 atom stereocenters. The minimum absolute atomic E-state index is 0.106. The lowest BCUT2D eigenvalue weighted by Gasteiger charge is -2.18. The Morgan fingerprint density at radius 2 is 0.500 bits per heavy atom. The quantitative estimate of drug-likeness (QED) is 0.0261. The van der Waals surface area contributed by atoms with E-state index in [-0.39, 0.29) is 31.1 Å². The second kappa shape index (κ2) is 68.3. The SMILES string of the molecule is CC/C=C\C/C=C\C/C=C\C/C=C\C/C=C\C/C=C\C/C=C\C/C=C\C/C=C\C/C=C\CCCCCCC(=O)OCC(COC(=O)CCCCCCC/C=C\C/C=C\CCC)OC(=O)CCCCCCC/C=C\C/C=C\CCCCCC. The molecule has 0 saturated carbocycles. The lowest BCUT2D eigenvalue weighted by molar-refractivity contribution is -0.167. The van der Waals surface area contributed by atoms with Gasteiger partial charge in [0.25, 0.3) is 0 Å². The summed E-state index contributed by atoms with van der Waals surface area (Å²) in [7, 11) is 0. The zero-order valence-electron chi connectivity index (χ0n) is 52.7. The van der Waals surface area contributed by atoms with Crippen LogP contribution in [0.1, 0.15) is 271 Å². The van der Waals surface area contributed by atoms with Crippen molar-refractivity contribution >= 4 is 17.9 Å². The van der Waals surface area contributed by atoms with Crippen molar-refractivity contribution in [2.45, 2.75) is 277 Å². The monoisotopic (exact) mass is 1130 g/mol. The topological polar surface area (TPSA) is 78.9 Å². The summed E-state index contributed by atoms with van der Waals surface area (Å²) < 4.78 is 16.9. The molecule has 0 rings (SSSR count). The standard InChI is InChI=1S/C76H120O6/c1-4-7-10-13-16-19-22-25-27-29-30-31-32-33-34-35-36-37-38-39-40-41-42-43-44-45-46-47-49-51-54-57-60-63-66-69-75(78)81-72-73(71-80-74(77)68-65-62-59-56-53-50-24-21-18-15-12-9-6-3)82-76(79)70-67-64-61-58-55-52-48-28-26-23-20-17-14-11-8-5-2/h7,10,12,15-16,19-21,23-25,27-28,30-31,33-34,36-37,39-40,42-43,45-46,48-49,51,73H,4-6,8-9,11,13-14,17-18,22,26,29,32,35,38,41,44,47,50,52-72H2,1-3H3/b10-7-,15-12-,19-16-,23-20-,24-21-,27-25-,31-30-,34-33-,37-36-,40-39-,43-42-,46-45-,48-28-,51-49-. The summed E-state index contributed by atoms with van der Waals surface area (Å²) in [6.07, 6.45) is 101. The number of carbonyl (C=O) groups is 3. The van der Waals surface area contributed by atoms with Gasteiger partial charge < -0.3 is 14.2 Å². The van der Waals surface area contributed by atoms with Crippen LogP contribution in [0, 0.1) is 0 Å². The molecular weight excluding hydrogens is 1010 g/mol. The van der Waals surface area contributed by atoms with E-state index in [1.54, 1.807) is 0 Å². The van der Waals surface area contributed by atoms with Crippen molar-refractivity contribution in [3.05, 3.63) is 170 Å². The van der Waals surface area contributed by atoms with Crippen LogP contribution in [0.4, 0.5) is 0 Å². The maximum absolute atomic E-state index is 12.9. The largest absolute Gasteiger partial charge is 0.462 e. The molecule has 0 bridgehead atoms. The third-order valence-corrected chi connectivity index (χ3v) is 13.4. The fourth-order valence-electron chi connectivity index (χ4n) is 8.48. The lowest BCUT2D eigenvalue weighted by Crippen LogP contribution is -2.30. The fraction of sp³-hybridized carbons (Fsp3) is 0.592. The van der Waals surface area contributed by atoms with E-state index >= 15 is 0 Å². The van der Waals surface area contributed by atoms with E-state index in [1.807, 2.05) is 0 Å². The van der Waals surface area contributed by atoms with Crippen LogP contribution in [-0.2, 0) is 28.6 Å². The molecule has 460 valence electrons. The molecule has 0 aromatic rings. The molecular formula is C76H120O6. The molecule has 0 N–H and O–H groups in total. The molecule has 0 aliphatic heterocycles. The fourth-order valence-corrected chi connectivity index (χ4v) is 8.48. The molecule has 82 heavy (non-hydrogen) atoms. The van der Waals surface area contributed by atoms with Gasteiger partial charge in [0.15, 0.2) is 6.10 Å². The predicted molar refractivity (Wildman–Crippen MR) is 357 cm³/mol. The first-order valence-corrected chi connectivity index (χ1v) is 33.1. The first-order chi connectivity index (χ1) is 40.5. The van der Waals surface area contributed by atoms with Gasteiger partial charge in [-0.25, -0.2) is 0 Å². The van der Waals surface area contributed by atoms with Gasteiger partial charge in [0, 0.05) is 19.3 Å². The van der Waals surface area contributed by atoms with Crippen LogP contribution in [0.5, 0.6) is 0 Å². The number of hydrogen-bond acceptors (Lipinski definition) is 6. The van der Waals surface area contributed by atoms with Crippen LogP contribution in [0.25, 0.3) is 0 Å². The van der Waals surface area contributed by atoms with Gasteiger partial charge in [0.1, 0.15) is 13.2 Å². The third kappa shape index (κ3) is 65.6. The Balaban J connectivity index is 4.36. The lowest BCUT2D eigenvalue weighted by atomic mass is 10.1. The number of rotatable bonds is 58. The average Bonchev–Trinajstić information content (AvgIpc) is 3.47. The number of hydrogen-bond donors (Lipinski definition) is 0. The highest BCUT2D eigenvalue weighted by molar-refractivity contribution is 5.71. The van der Waals surface area contributed by atoms with Gasteiger partial charge in [-0.2, -0.15) is 0 Å². The Morgan fingerprint density at radius 3 is 0.793 bits per heavy atom. The van der Waals surface area contributed by atoms with Gasteiger partial charge in [-0.3, -0.25) is 14.4 Å². The Kier molecular flexibility index (Phi) is 63.9. The first kappa shape index (κ1) is 76.8. The van der Waals surface area contributed by atoms with E-state index in [4.69, 9.17) is 14.2 Å². The first-order valence-electron chi connectivity index (χ1n) is 33.1. The summed E-state index contributed by atoms with van der Waals surface area (Å²) in [6.45, 7) is 6.39. The van der Waals surface area contributed by atoms with Crippen molar-refractivity contribution in [1.29, 1.82) is 0 Å². The van der Waals surface area contributed by atoms with Crippen molar-refractivity contribution in [2.24, 2.45) is 0 Å². The number of esters is 3. The van der Waals surface area contributed by atoms with Crippen molar-refractivity contribution in [3.63, 3.8) is 0 Å². The summed E-state index contributed by atoms with van der Waals surface area (Å²) in [5.41, 5.74) is 0. The smallest absolute Gasteiger partial charge is 0.306 e. The molecule has 6 heteroatoms. The minimum atomic E-state index is -0.811. The highest BCUT2D eigenvalue weighted by Crippen LogP contribution is 2.13. The minimum Gasteiger partial charge on any atom is -0.462 e. The van der Waals surface area contributed by atoms with Crippen LogP contribution in [0.2, 0.25) is 0 Å². The predicted octanol–water partition coefficient (Wildman–Crippen LogP) is 23.0. The molecule has 0 fully saturated rings. The zero-order chi connectivity index (χ0) is 59.2. The molecule has 0 saturated heterocycles. The van der Waals surface area contributed by atoms with Crippen LogP contribution < -0.4 is 0 Å². The van der Waals surface area contributed by atoms with Gasteiger partial charge in [-0.05, 0) is 154 Å². The Morgan fingerprint density at radius 1 is 0.256 bits per heavy atom. The molecule has 0 aromatic carbocycles. The van der Waals surface area contributed by atoms with E-state index in [9.17, 15) is 14.4 Å². The number of allylic oxidation sites excluding steroid dienone is 28. The van der Waals surface area contributed by atoms with Gasteiger partial charge in [-0.15, -0.1) is 0 Å². The highest BCUT2D eigenvalue weighted by atomic mass is 16.6. The van der Waals surface area contributed by atoms with Crippen molar-refractivity contribution < 1.29 is 28.6 Å². The number of carbonyl (C=O) groups excluding carboxylic acids is 3. The number of ether oxygens (including phenoxy) is 3. The summed E-state index contributed by atoms with van der Waals surface area (Å²) in [6, 6.07) is 0. The second-order valence-corrected chi connectivity index (χ2v) is 21.3. The summed E-state index contributed by atoms with van der Waals surface area (Å²) >= 11 is 0. The molecule has 0 amide bonds. The van der Waals surface area contributed by atoms with Crippen molar-refractivity contribution in [2.75, 3.05) is 13.2 Å². The molecule has 0 aromatic heterocycles. The summed E-state index contributed by atoms with van der Waals surface area (Å²) in [4.78, 5) is 38.3. The van der Waals surface area contributed by atoms with Gasteiger partial charge >= 0.3 is 17.9 Å². The molecule has 0 aliphatic rings. The van der Waals surface area contributed by atoms with Gasteiger partial charge in [-0.1, -0.05) is 268 Å². The molecule has 1 unspecified atom stereocenters. The van der Waals surface area contributed by atoms with E-state index in [1.165, 1.54) is 38.5 Å². The second-order valence-electron chi connectivity index (χ2n) is 21.3. The molecule has 0 spiro atoms. The van der Waals surface area contributed by atoms with Crippen molar-refractivity contribution in [3.8, 4) is 0 Å². The van der Waals surface area contributed by atoms with Gasteiger partial charge in [0.2, 0.25) is 0 Å². The van der Waals surface area contributed by atoms with Crippen molar-refractivity contribution in [1.82, 2.24) is 0 Å². The Hall–Kier alpha value is -5.23. The molecule has 6 nitrogen and oxygen atoms in total. The van der Waals surface area contributed by atoms with E-state index in [0.717, 1.165) is 193 Å². The zero-order valence-corrected chi connectivity index (χ0v) is 52.7. The highest BCUT2D eigenvalue weighted by Gasteiger charge is 2.19. The van der Waals surface area contributed by atoms with E-state index in [2.05, 4.69) is 191 Å². The van der Waals surface area contributed by atoms with Gasteiger partial charge in [0.05, 0.1) is 0 Å². The van der Waals surface area contributed by atoms with Crippen LogP contribution in [0.3, 0.4) is 0 Å². The summed E-state index contributed by atoms with van der Waals surface area (Å²) in [5.74, 6) is -0.963. The van der Waals surface area contributed by atoms with E-state index < -0.39 is 6.10 Å². The third-order valence-electron chi connectivity index (χ3n) is 13.4. The maximum atomic E-state index is 12.9. The van der Waals surface area contributed by atoms with Crippen LogP contribution in [-0.4, -0.2) is 37.2 Å². The molecule has 0 radical (unpaired) electrons. The number of unbranched alkanes of at least 4 members (excludes halogenated alkanes) is 19. The average molecular weight is 1130 g/mol. The Bertz CT molecular complexity index is 1870. The molecule has 0 aliphatic carbocycles. The maximum Gasteiger partial charge on any atom is 0.306 e. The molecule has 0 heterocycles. The summed E-state index contributed by atoms with van der Waals surface area (Å²) in [5, 5.41) is 0. The Labute approximate surface area is 504 Å². The van der Waals surface area contributed by atoms with E-state index in [0.29, 0.717) is 19.3 Å². The normalized spacial score (nSPS) is 13.3. The van der Waals surface area contributed by atoms with Crippen LogP contribution >= 0.6 is 0 Å².